The SMILES string of the molecule is CCc1ccccc1NC(=O)CSc1nc2ccsc2c(=O)n1-c1ccc(C)c(C)c1. The third-order valence-corrected chi connectivity index (χ3v) is 7.03. The lowest BCUT2D eigenvalue weighted by Crippen LogP contribution is -2.22. The third-order valence-electron chi connectivity index (χ3n) is 5.20. The van der Waals surface area contributed by atoms with Gasteiger partial charge in [0.15, 0.2) is 5.16 Å². The quantitative estimate of drug-likeness (QED) is 0.318. The summed E-state index contributed by atoms with van der Waals surface area (Å²) in [6.07, 6.45) is 0.840. The van der Waals surface area contributed by atoms with Gasteiger partial charge in [0.25, 0.3) is 5.56 Å². The number of thioether (sulfide) groups is 1. The smallest absolute Gasteiger partial charge is 0.276 e. The van der Waals surface area contributed by atoms with Crippen molar-refractivity contribution < 1.29 is 4.79 Å². The van der Waals surface area contributed by atoms with Crippen molar-refractivity contribution in [1.82, 2.24) is 9.55 Å². The molecule has 2 aromatic carbocycles. The largest absolute Gasteiger partial charge is 0.325 e. The Morgan fingerprint density at radius 3 is 2.71 bits per heavy atom. The highest BCUT2D eigenvalue weighted by atomic mass is 32.2. The zero-order valence-corrected chi connectivity index (χ0v) is 19.3. The van der Waals surface area contributed by atoms with Crippen LogP contribution in [0.4, 0.5) is 5.69 Å². The average molecular weight is 450 g/mol. The van der Waals surface area contributed by atoms with Crippen LogP contribution in [0.2, 0.25) is 0 Å². The van der Waals surface area contributed by atoms with Gasteiger partial charge in [-0.2, -0.15) is 0 Å². The number of carbonyl (C=O) groups excluding carboxylic acids is 1. The molecule has 0 bridgehead atoms. The molecule has 2 heterocycles. The van der Waals surface area contributed by atoms with E-state index in [4.69, 9.17) is 4.98 Å². The molecule has 158 valence electrons. The first kappa shape index (κ1) is 21.3. The van der Waals surface area contributed by atoms with Crippen molar-refractivity contribution in [3.8, 4) is 5.69 Å². The Balaban J connectivity index is 1.66. The molecule has 0 unspecified atom stereocenters. The Kier molecular flexibility index (Phi) is 6.25. The van der Waals surface area contributed by atoms with Crippen LogP contribution >= 0.6 is 23.1 Å². The summed E-state index contributed by atoms with van der Waals surface area (Å²) in [6, 6.07) is 15.5. The lowest BCUT2D eigenvalue weighted by molar-refractivity contribution is -0.113. The molecule has 0 spiro atoms. The third kappa shape index (κ3) is 4.43. The van der Waals surface area contributed by atoms with Crippen LogP contribution < -0.4 is 10.9 Å². The predicted molar refractivity (Wildman–Crippen MR) is 130 cm³/mol. The maximum atomic E-state index is 13.2. The average Bonchev–Trinajstić information content (AvgIpc) is 3.24. The number of anilines is 1. The number of para-hydroxylation sites is 1. The standard InChI is InChI=1S/C24H23N3O2S2/c1-4-17-7-5-6-8-19(17)25-21(28)14-31-24-26-20-11-12-30-22(20)23(29)27(24)18-10-9-15(2)16(3)13-18/h5-13H,4,14H2,1-3H3,(H,25,28). The topological polar surface area (TPSA) is 64.0 Å². The van der Waals surface area contributed by atoms with Crippen molar-refractivity contribution in [2.75, 3.05) is 11.1 Å². The molecule has 5 nitrogen and oxygen atoms in total. The van der Waals surface area contributed by atoms with Crippen molar-refractivity contribution in [3.05, 3.63) is 81.0 Å². The minimum Gasteiger partial charge on any atom is -0.325 e. The fourth-order valence-corrected chi connectivity index (χ4v) is 4.92. The van der Waals surface area contributed by atoms with Gasteiger partial charge in [-0.25, -0.2) is 4.98 Å². The van der Waals surface area contributed by atoms with E-state index in [2.05, 4.69) is 12.2 Å². The van der Waals surface area contributed by atoms with E-state index in [0.717, 1.165) is 34.5 Å². The molecule has 4 rings (SSSR count). The summed E-state index contributed by atoms with van der Waals surface area (Å²) >= 11 is 2.65. The molecule has 0 saturated carbocycles. The summed E-state index contributed by atoms with van der Waals surface area (Å²) in [5, 5.41) is 5.36. The summed E-state index contributed by atoms with van der Waals surface area (Å²) in [5.74, 6) is 0.0301. The summed E-state index contributed by atoms with van der Waals surface area (Å²) < 4.78 is 2.23. The number of hydrogen-bond acceptors (Lipinski definition) is 5. The van der Waals surface area contributed by atoms with Gasteiger partial charge in [-0.05, 0) is 66.6 Å². The molecule has 31 heavy (non-hydrogen) atoms. The number of fused-ring (bicyclic) bond motifs is 1. The molecule has 0 aliphatic carbocycles. The Morgan fingerprint density at radius 2 is 1.94 bits per heavy atom. The van der Waals surface area contributed by atoms with Crippen molar-refractivity contribution in [2.45, 2.75) is 32.3 Å². The molecule has 1 amide bonds. The minimum absolute atomic E-state index is 0.109. The highest BCUT2D eigenvalue weighted by Crippen LogP contribution is 2.25. The molecule has 2 aromatic heterocycles. The number of aromatic nitrogens is 2. The van der Waals surface area contributed by atoms with Gasteiger partial charge in [0.1, 0.15) is 4.70 Å². The second kappa shape index (κ2) is 9.08. The molecule has 1 N–H and O–H groups in total. The first-order chi connectivity index (χ1) is 15.0. The van der Waals surface area contributed by atoms with Crippen molar-refractivity contribution in [1.29, 1.82) is 0 Å². The molecule has 0 radical (unpaired) electrons. The number of benzene rings is 2. The van der Waals surface area contributed by atoms with E-state index in [1.807, 2.05) is 67.8 Å². The van der Waals surface area contributed by atoms with Crippen LogP contribution in [-0.4, -0.2) is 21.2 Å². The van der Waals surface area contributed by atoms with Gasteiger partial charge < -0.3 is 5.32 Å². The van der Waals surface area contributed by atoms with Crippen LogP contribution in [0.15, 0.2) is 63.9 Å². The van der Waals surface area contributed by atoms with Crippen LogP contribution in [0.3, 0.4) is 0 Å². The molecule has 7 heteroatoms. The summed E-state index contributed by atoms with van der Waals surface area (Å²) in [7, 11) is 0. The Bertz CT molecular complexity index is 1320. The van der Waals surface area contributed by atoms with Gasteiger partial charge in [0.2, 0.25) is 5.91 Å². The molecule has 0 aliphatic heterocycles. The van der Waals surface area contributed by atoms with Crippen LogP contribution in [0, 0.1) is 13.8 Å². The number of carbonyl (C=O) groups is 1. The van der Waals surface area contributed by atoms with Crippen LogP contribution in [0.25, 0.3) is 15.9 Å². The van der Waals surface area contributed by atoms with E-state index in [-0.39, 0.29) is 17.2 Å². The molecule has 0 atom stereocenters. The first-order valence-corrected chi connectivity index (χ1v) is 11.9. The maximum absolute atomic E-state index is 13.2. The minimum atomic E-state index is -0.128. The zero-order chi connectivity index (χ0) is 22.0. The molecule has 4 aromatic rings. The summed E-state index contributed by atoms with van der Waals surface area (Å²) in [5.41, 5.74) is 5.48. The van der Waals surface area contributed by atoms with Gasteiger partial charge >= 0.3 is 0 Å². The Hall–Kier alpha value is -2.90. The van der Waals surface area contributed by atoms with E-state index < -0.39 is 0 Å². The maximum Gasteiger partial charge on any atom is 0.276 e. The normalized spacial score (nSPS) is 11.1. The Morgan fingerprint density at radius 1 is 1.13 bits per heavy atom. The van der Waals surface area contributed by atoms with Gasteiger partial charge in [-0.3, -0.25) is 14.2 Å². The summed E-state index contributed by atoms with van der Waals surface area (Å²) in [6.45, 7) is 6.12. The number of amides is 1. The zero-order valence-electron chi connectivity index (χ0n) is 17.6. The van der Waals surface area contributed by atoms with Crippen LogP contribution in [-0.2, 0) is 11.2 Å². The van der Waals surface area contributed by atoms with Crippen LogP contribution in [0.1, 0.15) is 23.6 Å². The molecular weight excluding hydrogens is 426 g/mol. The van der Waals surface area contributed by atoms with E-state index in [9.17, 15) is 9.59 Å². The van der Waals surface area contributed by atoms with Gasteiger partial charge in [-0.15, -0.1) is 11.3 Å². The first-order valence-electron chi connectivity index (χ1n) is 10.1. The number of nitrogens with zero attached hydrogens (tertiary/aromatic N) is 2. The lowest BCUT2D eigenvalue weighted by Gasteiger charge is -2.14. The van der Waals surface area contributed by atoms with E-state index in [0.29, 0.717) is 15.4 Å². The van der Waals surface area contributed by atoms with Crippen molar-refractivity contribution >= 4 is 44.9 Å². The number of thiophene rings is 1. The predicted octanol–water partition coefficient (Wildman–Crippen LogP) is 5.36. The van der Waals surface area contributed by atoms with Crippen LogP contribution in [0.5, 0.6) is 0 Å². The number of nitrogens with one attached hydrogen (secondary N) is 1. The van der Waals surface area contributed by atoms with Crippen molar-refractivity contribution in [2.24, 2.45) is 0 Å². The van der Waals surface area contributed by atoms with E-state index in [1.54, 1.807) is 4.57 Å². The monoisotopic (exact) mass is 449 g/mol. The fraction of sp³-hybridized carbons (Fsp3) is 0.208. The number of aryl methyl sites for hydroxylation is 3. The van der Waals surface area contributed by atoms with Gasteiger partial charge in [-0.1, -0.05) is 43.0 Å². The highest BCUT2D eigenvalue weighted by molar-refractivity contribution is 7.99. The molecular formula is C24H23N3O2S2. The lowest BCUT2D eigenvalue weighted by atomic mass is 10.1. The van der Waals surface area contributed by atoms with Crippen molar-refractivity contribution in [3.63, 3.8) is 0 Å². The van der Waals surface area contributed by atoms with Gasteiger partial charge in [0.05, 0.1) is 17.0 Å². The second-order valence-corrected chi connectivity index (χ2v) is 9.14. The fourth-order valence-electron chi connectivity index (χ4n) is 3.35. The Labute approximate surface area is 189 Å². The number of rotatable bonds is 6. The van der Waals surface area contributed by atoms with E-state index in [1.165, 1.54) is 23.1 Å². The molecule has 0 aliphatic rings. The second-order valence-electron chi connectivity index (χ2n) is 7.29. The molecule has 0 saturated heterocycles. The highest BCUT2D eigenvalue weighted by Gasteiger charge is 2.16. The number of hydrogen-bond donors (Lipinski definition) is 1. The summed E-state index contributed by atoms with van der Waals surface area (Å²) in [4.78, 5) is 30.6. The molecule has 0 fully saturated rings. The van der Waals surface area contributed by atoms with Gasteiger partial charge in [0, 0.05) is 5.69 Å². The van der Waals surface area contributed by atoms with E-state index >= 15 is 0 Å².